The van der Waals surface area contributed by atoms with E-state index in [2.05, 4.69) is 0 Å². The second-order valence-electron chi connectivity index (χ2n) is 5.47. The van der Waals surface area contributed by atoms with Crippen molar-refractivity contribution in [2.24, 2.45) is 0 Å². The largest absolute Gasteiger partial charge is 0.288 e. The molecule has 0 aliphatic carbocycles. The molecular weight excluding hydrogens is 285 g/mol. The summed E-state index contributed by atoms with van der Waals surface area (Å²) in [6.07, 6.45) is 0. The lowest BCUT2D eigenvalue weighted by Crippen LogP contribution is -2.08. The summed E-state index contributed by atoms with van der Waals surface area (Å²) < 4.78 is 39.6. The SMILES string of the molecule is CC(C)(C)c1ccc(C(=O)c2ccc(F)c(F)c2F)s1. The molecular formula is C15H13F3OS. The molecule has 0 radical (unpaired) electrons. The van der Waals surface area contributed by atoms with Gasteiger partial charge in [0.1, 0.15) is 0 Å². The van der Waals surface area contributed by atoms with Crippen molar-refractivity contribution in [3.63, 3.8) is 0 Å². The number of halogens is 3. The van der Waals surface area contributed by atoms with Crippen molar-refractivity contribution in [1.29, 1.82) is 0 Å². The number of rotatable bonds is 2. The van der Waals surface area contributed by atoms with E-state index in [1.807, 2.05) is 20.8 Å². The first-order valence-corrected chi connectivity index (χ1v) is 6.82. The van der Waals surface area contributed by atoms with E-state index in [-0.39, 0.29) is 5.41 Å². The lowest BCUT2D eigenvalue weighted by Gasteiger charge is -2.15. The first kappa shape index (κ1) is 14.8. The number of carbonyl (C=O) groups is 1. The van der Waals surface area contributed by atoms with Gasteiger partial charge in [0.15, 0.2) is 17.5 Å². The quantitative estimate of drug-likeness (QED) is 0.580. The van der Waals surface area contributed by atoms with Gasteiger partial charge in [-0.25, -0.2) is 13.2 Å². The molecule has 1 aromatic carbocycles. The molecule has 0 fully saturated rings. The first-order valence-electron chi connectivity index (χ1n) is 6.00. The monoisotopic (exact) mass is 298 g/mol. The predicted molar refractivity (Wildman–Crippen MR) is 72.8 cm³/mol. The topological polar surface area (TPSA) is 17.1 Å². The fraction of sp³-hybridized carbons (Fsp3) is 0.267. The molecule has 20 heavy (non-hydrogen) atoms. The normalized spacial score (nSPS) is 11.7. The van der Waals surface area contributed by atoms with Gasteiger partial charge in [-0.2, -0.15) is 0 Å². The van der Waals surface area contributed by atoms with Crippen molar-refractivity contribution in [3.8, 4) is 0 Å². The highest BCUT2D eigenvalue weighted by Crippen LogP contribution is 2.31. The third kappa shape index (κ3) is 2.63. The summed E-state index contributed by atoms with van der Waals surface area (Å²) in [5.41, 5.74) is -0.582. The molecule has 1 aromatic heterocycles. The molecule has 106 valence electrons. The standard InChI is InChI=1S/C15H13F3OS/c1-15(2,3)11-7-6-10(20-11)14(19)8-4-5-9(16)13(18)12(8)17/h4-7H,1-3H3. The molecule has 2 aromatic rings. The molecule has 0 N–H and O–H groups in total. The van der Waals surface area contributed by atoms with E-state index in [0.29, 0.717) is 4.88 Å². The second-order valence-corrected chi connectivity index (χ2v) is 6.55. The van der Waals surface area contributed by atoms with Gasteiger partial charge in [0.25, 0.3) is 0 Å². The van der Waals surface area contributed by atoms with E-state index < -0.39 is 28.8 Å². The van der Waals surface area contributed by atoms with Crippen LogP contribution in [0.25, 0.3) is 0 Å². The highest BCUT2D eigenvalue weighted by molar-refractivity contribution is 7.14. The summed E-state index contributed by atoms with van der Waals surface area (Å²) in [6, 6.07) is 5.08. The Kier molecular flexibility index (Phi) is 3.73. The van der Waals surface area contributed by atoms with Crippen LogP contribution in [0.5, 0.6) is 0 Å². The molecule has 2 rings (SSSR count). The summed E-state index contributed by atoms with van der Waals surface area (Å²) in [7, 11) is 0. The molecule has 0 atom stereocenters. The molecule has 0 unspecified atom stereocenters. The molecule has 1 nitrogen and oxygen atoms in total. The van der Waals surface area contributed by atoms with Gasteiger partial charge in [0.2, 0.25) is 5.78 Å². The van der Waals surface area contributed by atoms with Crippen LogP contribution in [0.1, 0.15) is 40.9 Å². The maximum atomic E-state index is 13.6. The van der Waals surface area contributed by atoms with Crippen molar-refractivity contribution < 1.29 is 18.0 Å². The van der Waals surface area contributed by atoms with Crippen LogP contribution in [0.15, 0.2) is 24.3 Å². The Bertz CT molecular complexity index is 668. The third-order valence-electron chi connectivity index (χ3n) is 2.85. The zero-order chi connectivity index (χ0) is 15.1. The van der Waals surface area contributed by atoms with Crippen molar-refractivity contribution in [2.45, 2.75) is 26.2 Å². The smallest absolute Gasteiger partial charge is 0.206 e. The third-order valence-corrected chi connectivity index (χ3v) is 4.36. The lowest BCUT2D eigenvalue weighted by atomic mass is 9.95. The summed E-state index contributed by atoms with van der Waals surface area (Å²) in [6.45, 7) is 5.97. The number of hydrogen-bond acceptors (Lipinski definition) is 2. The molecule has 5 heteroatoms. The zero-order valence-electron chi connectivity index (χ0n) is 11.3. The Balaban J connectivity index is 2.42. The van der Waals surface area contributed by atoms with E-state index in [4.69, 9.17) is 0 Å². The minimum absolute atomic E-state index is 0.129. The van der Waals surface area contributed by atoms with Crippen LogP contribution in [0.2, 0.25) is 0 Å². The molecule has 0 aliphatic rings. The van der Waals surface area contributed by atoms with Crippen LogP contribution >= 0.6 is 11.3 Å². The van der Waals surface area contributed by atoms with Gasteiger partial charge in [-0.15, -0.1) is 11.3 Å². The Labute approximate surface area is 119 Å². The summed E-state index contributed by atoms with van der Waals surface area (Å²) in [5.74, 6) is -5.01. The van der Waals surface area contributed by atoms with Crippen molar-refractivity contribution >= 4 is 17.1 Å². The number of carbonyl (C=O) groups excluding carboxylic acids is 1. The van der Waals surface area contributed by atoms with E-state index in [0.717, 1.165) is 17.0 Å². The fourth-order valence-electron chi connectivity index (χ4n) is 1.70. The van der Waals surface area contributed by atoms with E-state index >= 15 is 0 Å². The minimum Gasteiger partial charge on any atom is -0.288 e. The van der Waals surface area contributed by atoms with Crippen LogP contribution in [-0.2, 0) is 5.41 Å². The van der Waals surface area contributed by atoms with Crippen molar-refractivity contribution in [2.75, 3.05) is 0 Å². The van der Waals surface area contributed by atoms with E-state index in [1.54, 1.807) is 12.1 Å². The summed E-state index contributed by atoms with van der Waals surface area (Å²) in [4.78, 5) is 13.4. The first-order chi connectivity index (χ1) is 9.21. The van der Waals surface area contributed by atoms with Crippen molar-refractivity contribution in [3.05, 3.63) is 57.0 Å². The zero-order valence-corrected chi connectivity index (χ0v) is 12.1. The Morgan fingerprint density at radius 2 is 1.65 bits per heavy atom. The maximum Gasteiger partial charge on any atom is 0.206 e. The van der Waals surface area contributed by atoms with Gasteiger partial charge in [-0.05, 0) is 29.7 Å². The minimum atomic E-state index is -1.62. The van der Waals surface area contributed by atoms with E-state index in [9.17, 15) is 18.0 Å². The van der Waals surface area contributed by atoms with Gasteiger partial charge >= 0.3 is 0 Å². The molecule has 0 saturated heterocycles. The van der Waals surface area contributed by atoms with Crippen LogP contribution in [0, 0.1) is 17.5 Å². The highest BCUT2D eigenvalue weighted by atomic mass is 32.1. The van der Waals surface area contributed by atoms with Crippen LogP contribution in [-0.4, -0.2) is 5.78 Å². The van der Waals surface area contributed by atoms with Gasteiger partial charge in [0, 0.05) is 4.88 Å². The Hall–Kier alpha value is -1.62. The number of benzene rings is 1. The highest BCUT2D eigenvalue weighted by Gasteiger charge is 2.23. The van der Waals surface area contributed by atoms with E-state index in [1.165, 1.54) is 11.3 Å². The summed E-state index contributed by atoms with van der Waals surface area (Å²) in [5, 5.41) is 0. The number of ketones is 1. The molecule has 0 spiro atoms. The van der Waals surface area contributed by atoms with Gasteiger partial charge in [-0.1, -0.05) is 20.8 Å². The van der Waals surface area contributed by atoms with Gasteiger partial charge in [0.05, 0.1) is 10.4 Å². The molecule has 0 aliphatic heterocycles. The lowest BCUT2D eigenvalue weighted by molar-refractivity contribution is 0.103. The Morgan fingerprint density at radius 3 is 2.20 bits per heavy atom. The fourth-order valence-corrected chi connectivity index (χ4v) is 2.71. The van der Waals surface area contributed by atoms with Crippen molar-refractivity contribution in [1.82, 2.24) is 0 Å². The predicted octanol–water partition coefficient (Wildman–Crippen LogP) is 4.69. The average molecular weight is 298 g/mol. The second kappa shape index (κ2) is 5.05. The maximum absolute atomic E-state index is 13.6. The molecule has 1 heterocycles. The molecule has 0 saturated carbocycles. The number of hydrogen-bond donors (Lipinski definition) is 0. The average Bonchev–Trinajstić information content (AvgIpc) is 2.85. The van der Waals surface area contributed by atoms with Gasteiger partial charge < -0.3 is 0 Å². The molecule has 0 bridgehead atoms. The van der Waals surface area contributed by atoms with Gasteiger partial charge in [-0.3, -0.25) is 4.79 Å². The van der Waals surface area contributed by atoms with Crippen LogP contribution in [0.4, 0.5) is 13.2 Å². The Morgan fingerprint density at radius 1 is 1.00 bits per heavy atom. The van der Waals surface area contributed by atoms with Crippen LogP contribution < -0.4 is 0 Å². The van der Waals surface area contributed by atoms with Crippen LogP contribution in [0.3, 0.4) is 0 Å². The molecule has 0 amide bonds. The summed E-state index contributed by atoms with van der Waals surface area (Å²) >= 11 is 1.23. The number of thiophene rings is 1.